The largest absolute Gasteiger partial charge is 0.393 e. The Balaban J connectivity index is 2.97. The predicted molar refractivity (Wildman–Crippen MR) is 85.9 cm³/mol. The fourth-order valence-electron chi connectivity index (χ4n) is 2.74. The van der Waals surface area contributed by atoms with Gasteiger partial charge < -0.3 is 10.2 Å². The van der Waals surface area contributed by atoms with Crippen molar-refractivity contribution in [2.24, 2.45) is 5.41 Å². The van der Waals surface area contributed by atoms with Crippen LogP contribution < -0.4 is 0 Å². The van der Waals surface area contributed by atoms with Crippen LogP contribution >= 0.6 is 0 Å². The third kappa shape index (κ3) is 5.44. The zero-order valence-corrected chi connectivity index (χ0v) is 13.4. The van der Waals surface area contributed by atoms with Crippen molar-refractivity contribution in [1.82, 2.24) is 0 Å². The van der Waals surface area contributed by atoms with E-state index in [0.29, 0.717) is 12.8 Å². The SMILES string of the molecule is CC(=O)/C=C/C=C(C)/C=C/C1=C(CO)CC(O)CC1(C)C. The molecule has 0 aliphatic heterocycles. The van der Waals surface area contributed by atoms with E-state index in [1.165, 1.54) is 13.0 Å². The Labute approximate surface area is 127 Å². The topological polar surface area (TPSA) is 57.5 Å². The van der Waals surface area contributed by atoms with Crippen molar-refractivity contribution in [3.63, 3.8) is 0 Å². The van der Waals surface area contributed by atoms with Crippen molar-refractivity contribution in [3.8, 4) is 0 Å². The van der Waals surface area contributed by atoms with Crippen molar-refractivity contribution in [3.05, 3.63) is 47.1 Å². The van der Waals surface area contributed by atoms with Gasteiger partial charge in [0.25, 0.3) is 0 Å². The molecule has 0 saturated carbocycles. The van der Waals surface area contributed by atoms with E-state index >= 15 is 0 Å². The van der Waals surface area contributed by atoms with Gasteiger partial charge in [-0.1, -0.05) is 43.7 Å². The lowest BCUT2D eigenvalue weighted by atomic mass is 9.71. The normalized spacial score (nSPS) is 23.3. The number of aliphatic hydroxyl groups excluding tert-OH is 2. The molecule has 1 unspecified atom stereocenters. The average molecular weight is 290 g/mol. The smallest absolute Gasteiger partial charge is 0.152 e. The summed E-state index contributed by atoms with van der Waals surface area (Å²) in [7, 11) is 0. The highest BCUT2D eigenvalue weighted by Gasteiger charge is 2.32. The minimum absolute atomic E-state index is 0.0207. The molecular formula is C18H26O3. The molecule has 0 bridgehead atoms. The maximum absolute atomic E-state index is 10.8. The second-order valence-electron chi connectivity index (χ2n) is 6.34. The van der Waals surface area contributed by atoms with E-state index in [9.17, 15) is 15.0 Å². The molecule has 0 amide bonds. The first-order valence-electron chi connectivity index (χ1n) is 7.31. The minimum atomic E-state index is -0.380. The van der Waals surface area contributed by atoms with E-state index in [-0.39, 0.29) is 23.9 Å². The van der Waals surface area contributed by atoms with Crippen LogP contribution in [-0.2, 0) is 4.79 Å². The molecule has 0 fully saturated rings. The fourth-order valence-corrected chi connectivity index (χ4v) is 2.74. The summed E-state index contributed by atoms with van der Waals surface area (Å²) in [5, 5.41) is 19.4. The number of allylic oxidation sites excluding steroid dienone is 7. The Morgan fingerprint density at radius 1 is 1.33 bits per heavy atom. The quantitative estimate of drug-likeness (QED) is 0.604. The van der Waals surface area contributed by atoms with Gasteiger partial charge in [-0.05, 0) is 49.3 Å². The van der Waals surface area contributed by atoms with Crippen molar-refractivity contribution in [2.45, 2.75) is 46.6 Å². The lowest BCUT2D eigenvalue weighted by Gasteiger charge is -2.36. The molecule has 0 aromatic rings. The summed E-state index contributed by atoms with van der Waals surface area (Å²) in [5.41, 5.74) is 2.88. The standard InChI is InChI=1S/C18H26O3/c1-13(6-5-7-14(2)20)8-9-17-15(12-19)10-16(21)11-18(17,3)4/h5-9,16,19,21H,10-12H2,1-4H3/b7-5+,9-8+,13-6+. The molecule has 3 heteroatoms. The van der Waals surface area contributed by atoms with Gasteiger partial charge >= 0.3 is 0 Å². The van der Waals surface area contributed by atoms with Crippen LogP contribution in [0.25, 0.3) is 0 Å². The number of ketones is 1. The Morgan fingerprint density at radius 3 is 2.57 bits per heavy atom. The monoisotopic (exact) mass is 290 g/mol. The highest BCUT2D eigenvalue weighted by molar-refractivity contribution is 5.87. The van der Waals surface area contributed by atoms with Crippen LogP contribution in [0.2, 0.25) is 0 Å². The van der Waals surface area contributed by atoms with Gasteiger partial charge in [0.15, 0.2) is 5.78 Å². The van der Waals surface area contributed by atoms with Gasteiger partial charge in [0.1, 0.15) is 0 Å². The van der Waals surface area contributed by atoms with E-state index in [0.717, 1.165) is 16.7 Å². The van der Waals surface area contributed by atoms with Gasteiger partial charge in [-0.2, -0.15) is 0 Å². The van der Waals surface area contributed by atoms with Crippen molar-refractivity contribution >= 4 is 5.78 Å². The first-order valence-corrected chi connectivity index (χ1v) is 7.31. The molecule has 2 N–H and O–H groups in total. The maximum atomic E-state index is 10.8. The number of aliphatic hydroxyl groups is 2. The zero-order valence-electron chi connectivity index (χ0n) is 13.4. The first-order chi connectivity index (χ1) is 9.76. The van der Waals surface area contributed by atoms with Crippen molar-refractivity contribution in [2.75, 3.05) is 6.61 Å². The summed E-state index contributed by atoms with van der Waals surface area (Å²) in [6.07, 6.45) is 9.99. The van der Waals surface area contributed by atoms with E-state index < -0.39 is 0 Å². The summed E-state index contributed by atoms with van der Waals surface area (Å²) in [6.45, 7) is 7.63. The van der Waals surface area contributed by atoms with Gasteiger partial charge in [0, 0.05) is 0 Å². The fraction of sp³-hybridized carbons (Fsp3) is 0.500. The molecule has 0 radical (unpaired) electrons. The third-order valence-electron chi connectivity index (χ3n) is 3.73. The van der Waals surface area contributed by atoms with Crippen LogP contribution in [0.4, 0.5) is 0 Å². The number of rotatable bonds is 5. The molecule has 0 spiro atoms. The summed E-state index contributed by atoms with van der Waals surface area (Å²) in [4.78, 5) is 10.8. The minimum Gasteiger partial charge on any atom is -0.393 e. The molecule has 1 atom stereocenters. The predicted octanol–water partition coefficient (Wildman–Crippen LogP) is 3.10. The van der Waals surface area contributed by atoms with Gasteiger partial charge in [-0.15, -0.1) is 0 Å². The Bertz CT molecular complexity index is 505. The number of carbonyl (C=O) groups excluding carboxylic acids is 1. The Hall–Kier alpha value is -1.45. The molecule has 0 saturated heterocycles. The van der Waals surface area contributed by atoms with Crippen LogP contribution in [0.5, 0.6) is 0 Å². The number of hydrogen-bond donors (Lipinski definition) is 2. The third-order valence-corrected chi connectivity index (χ3v) is 3.73. The van der Waals surface area contributed by atoms with E-state index in [2.05, 4.69) is 13.8 Å². The molecule has 116 valence electrons. The number of hydrogen-bond acceptors (Lipinski definition) is 3. The molecule has 0 aromatic carbocycles. The zero-order chi connectivity index (χ0) is 16.0. The van der Waals surface area contributed by atoms with Gasteiger partial charge in [0.2, 0.25) is 0 Å². The van der Waals surface area contributed by atoms with Crippen molar-refractivity contribution in [1.29, 1.82) is 0 Å². The molecular weight excluding hydrogens is 264 g/mol. The second-order valence-corrected chi connectivity index (χ2v) is 6.34. The van der Waals surface area contributed by atoms with Gasteiger partial charge in [-0.3, -0.25) is 4.79 Å². The summed E-state index contributed by atoms with van der Waals surface area (Å²) in [5.74, 6) is 0.0238. The molecule has 1 aliphatic rings. The average Bonchev–Trinajstić information content (AvgIpc) is 2.35. The van der Waals surface area contributed by atoms with Crippen LogP contribution in [0, 0.1) is 5.41 Å². The maximum Gasteiger partial charge on any atom is 0.152 e. The second kappa shape index (κ2) is 7.53. The number of carbonyl (C=O) groups is 1. The highest BCUT2D eigenvalue weighted by Crippen LogP contribution is 2.41. The molecule has 0 aromatic heterocycles. The Morgan fingerprint density at radius 2 is 2.00 bits per heavy atom. The van der Waals surface area contributed by atoms with E-state index in [1.54, 1.807) is 6.08 Å². The Kier molecular flexibility index (Phi) is 6.31. The van der Waals surface area contributed by atoms with E-state index in [4.69, 9.17) is 0 Å². The lowest BCUT2D eigenvalue weighted by Crippen LogP contribution is -2.29. The van der Waals surface area contributed by atoms with E-state index in [1.807, 2.05) is 25.2 Å². The summed E-state index contributed by atoms with van der Waals surface area (Å²) in [6, 6.07) is 0. The molecule has 3 nitrogen and oxygen atoms in total. The lowest BCUT2D eigenvalue weighted by molar-refractivity contribution is -0.112. The molecule has 1 rings (SSSR count). The van der Waals surface area contributed by atoms with Crippen LogP contribution in [0.15, 0.2) is 47.1 Å². The first kappa shape index (κ1) is 17.6. The van der Waals surface area contributed by atoms with Crippen molar-refractivity contribution < 1.29 is 15.0 Å². The summed E-state index contributed by atoms with van der Waals surface area (Å²) >= 11 is 0. The van der Waals surface area contributed by atoms with Crippen LogP contribution in [0.1, 0.15) is 40.5 Å². The molecule has 21 heavy (non-hydrogen) atoms. The van der Waals surface area contributed by atoms with Gasteiger partial charge in [0.05, 0.1) is 12.7 Å². The van der Waals surface area contributed by atoms with Gasteiger partial charge in [-0.25, -0.2) is 0 Å². The van der Waals surface area contributed by atoms with Crippen LogP contribution in [-0.4, -0.2) is 28.7 Å². The summed E-state index contributed by atoms with van der Waals surface area (Å²) < 4.78 is 0. The molecule has 0 heterocycles. The van der Waals surface area contributed by atoms with Crippen LogP contribution in [0.3, 0.4) is 0 Å². The molecule has 1 aliphatic carbocycles. The highest BCUT2D eigenvalue weighted by atomic mass is 16.3.